The van der Waals surface area contributed by atoms with Gasteiger partial charge in [0.2, 0.25) is 0 Å². The molecule has 1 nitrogen and oxygen atoms in total. The summed E-state index contributed by atoms with van der Waals surface area (Å²) in [7, 11) is 0. The van der Waals surface area contributed by atoms with Crippen molar-refractivity contribution < 1.29 is 0 Å². The van der Waals surface area contributed by atoms with Crippen molar-refractivity contribution in [3.63, 3.8) is 0 Å². The fourth-order valence-corrected chi connectivity index (χ4v) is 4.96. The highest BCUT2D eigenvalue weighted by molar-refractivity contribution is 4.89. The van der Waals surface area contributed by atoms with Gasteiger partial charge in [0.15, 0.2) is 0 Å². The highest BCUT2D eigenvalue weighted by Crippen LogP contribution is 2.38. The largest absolute Gasteiger partial charge is 0.311 e. The van der Waals surface area contributed by atoms with E-state index in [9.17, 15) is 0 Å². The summed E-state index contributed by atoms with van der Waals surface area (Å²) in [5, 5.41) is 4.07. The van der Waals surface area contributed by atoms with E-state index in [0.29, 0.717) is 6.04 Å². The third-order valence-corrected chi connectivity index (χ3v) is 6.31. The molecule has 0 aliphatic heterocycles. The van der Waals surface area contributed by atoms with Crippen LogP contribution >= 0.6 is 0 Å². The standard InChI is InChI=1S/C19H37N/c1-4-16(5-2)15(3)20-19-14-10-9-13-18(19)17-11-7-6-8-12-17/h15-20H,4-14H2,1-3H3. The third-order valence-electron chi connectivity index (χ3n) is 6.31. The van der Waals surface area contributed by atoms with Crippen LogP contribution in [0.15, 0.2) is 0 Å². The summed E-state index contributed by atoms with van der Waals surface area (Å²) in [6.07, 6.45) is 16.0. The number of rotatable bonds is 6. The second kappa shape index (κ2) is 8.41. The third kappa shape index (κ3) is 4.23. The molecule has 0 radical (unpaired) electrons. The van der Waals surface area contributed by atoms with Crippen LogP contribution < -0.4 is 5.32 Å². The van der Waals surface area contributed by atoms with E-state index in [1.807, 2.05) is 0 Å². The van der Waals surface area contributed by atoms with Gasteiger partial charge in [-0.15, -0.1) is 0 Å². The molecule has 3 atom stereocenters. The van der Waals surface area contributed by atoms with Gasteiger partial charge in [0.05, 0.1) is 0 Å². The zero-order valence-corrected chi connectivity index (χ0v) is 14.2. The minimum atomic E-state index is 0.708. The summed E-state index contributed by atoms with van der Waals surface area (Å²) in [4.78, 5) is 0. The van der Waals surface area contributed by atoms with Crippen LogP contribution in [0.5, 0.6) is 0 Å². The molecule has 0 aromatic heterocycles. The maximum atomic E-state index is 4.07. The van der Waals surface area contributed by atoms with Gasteiger partial charge >= 0.3 is 0 Å². The molecular formula is C19H37N. The Balaban J connectivity index is 1.92. The van der Waals surface area contributed by atoms with Crippen molar-refractivity contribution in [3.05, 3.63) is 0 Å². The predicted molar refractivity (Wildman–Crippen MR) is 89.0 cm³/mol. The molecule has 2 rings (SSSR count). The van der Waals surface area contributed by atoms with E-state index in [2.05, 4.69) is 26.1 Å². The van der Waals surface area contributed by atoms with Crippen LogP contribution in [0.2, 0.25) is 0 Å². The van der Waals surface area contributed by atoms with Gasteiger partial charge in [-0.05, 0) is 37.5 Å². The van der Waals surface area contributed by atoms with E-state index < -0.39 is 0 Å². The summed E-state index contributed by atoms with van der Waals surface area (Å²) in [6, 6.07) is 1.53. The highest BCUT2D eigenvalue weighted by atomic mass is 15.0. The lowest BCUT2D eigenvalue weighted by molar-refractivity contribution is 0.134. The van der Waals surface area contributed by atoms with Crippen molar-refractivity contribution in [2.24, 2.45) is 17.8 Å². The smallest absolute Gasteiger partial charge is 0.0101 e. The maximum absolute atomic E-state index is 4.07. The van der Waals surface area contributed by atoms with Crippen molar-refractivity contribution in [1.29, 1.82) is 0 Å². The van der Waals surface area contributed by atoms with E-state index in [1.165, 1.54) is 70.6 Å². The first-order valence-electron chi connectivity index (χ1n) is 9.52. The number of hydrogen-bond acceptors (Lipinski definition) is 1. The average molecular weight is 280 g/mol. The Morgan fingerprint density at radius 3 is 2.10 bits per heavy atom. The lowest BCUT2D eigenvalue weighted by atomic mass is 9.70. The first-order valence-corrected chi connectivity index (χ1v) is 9.52. The summed E-state index contributed by atoms with van der Waals surface area (Å²) < 4.78 is 0. The zero-order valence-electron chi connectivity index (χ0n) is 14.2. The van der Waals surface area contributed by atoms with E-state index >= 15 is 0 Å². The van der Waals surface area contributed by atoms with Gasteiger partial charge in [-0.1, -0.05) is 71.6 Å². The quantitative estimate of drug-likeness (QED) is 0.673. The summed E-state index contributed by atoms with van der Waals surface area (Å²) in [5.41, 5.74) is 0. The SMILES string of the molecule is CCC(CC)C(C)NC1CCCCC1C1CCCCC1. The molecule has 0 saturated heterocycles. The zero-order chi connectivity index (χ0) is 14.4. The second-order valence-corrected chi connectivity index (χ2v) is 7.48. The normalized spacial score (nSPS) is 30.6. The Bertz CT molecular complexity index is 252. The average Bonchev–Trinajstić information content (AvgIpc) is 2.50. The first kappa shape index (κ1) is 16.3. The van der Waals surface area contributed by atoms with Crippen LogP contribution in [0, 0.1) is 17.8 Å². The molecule has 0 spiro atoms. The Morgan fingerprint density at radius 2 is 1.45 bits per heavy atom. The minimum Gasteiger partial charge on any atom is -0.311 e. The molecule has 20 heavy (non-hydrogen) atoms. The molecule has 0 aromatic rings. The molecule has 1 N–H and O–H groups in total. The maximum Gasteiger partial charge on any atom is 0.0101 e. The Labute approximate surface area is 127 Å². The number of nitrogens with one attached hydrogen (secondary N) is 1. The van der Waals surface area contributed by atoms with Crippen molar-refractivity contribution >= 4 is 0 Å². The van der Waals surface area contributed by atoms with Crippen LogP contribution in [0.3, 0.4) is 0 Å². The molecular weight excluding hydrogens is 242 g/mol. The van der Waals surface area contributed by atoms with Crippen molar-refractivity contribution in [2.45, 2.75) is 103 Å². The monoisotopic (exact) mass is 279 g/mol. The van der Waals surface area contributed by atoms with Crippen molar-refractivity contribution in [3.8, 4) is 0 Å². The van der Waals surface area contributed by atoms with Gasteiger partial charge in [0.1, 0.15) is 0 Å². The lowest BCUT2D eigenvalue weighted by Gasteiger charge is -2.41. The molecule has 0 aromatic carbocycles. The molecule has 1 heteroatoms. The van der Waals surface area contributed by atoms with E-state index in [4.69, 9.17) is 0 Å². The molecule has 2 aliphatic rings. The highest BCUT2D eigenvalue weighted by Gasteiger charge is 2.33. The van der Waals surface area contributed by atoms with Crippen molar-refractivity contribution in [1.82, 2.24) is 5.32 Å². The Hall–Kier alpha value is -0.0400. The fraction of sp³-hybridized carbons (Fsp3) is 1.00. The molecule has 0 bridgehead atoms. The molecule has 0 heterocycles. The van der Waals surface area contributed by atoms with Crippen LogP contribution in [0.25, 0.3) is 0 Å². The van der Waals surface area contributed by atoms with Gasteiger partial charge in [-0.25, -0.2) is 0 Å². The minimum absolute atomic E-state index is 0.708. The Kier molecular flexibility index (Phi) is 6.87. The lowest BCUT2D eigenvalue weighted by Crippen LogP contribution is -2.48. The second-order valence-electron chi connectivity index (χ2n) is 7.48. The van der Waals surface area contributed by atoms with Gasteiger partial charge < -0.3 is 5.32 Å². The van der Waals surface area contributed by atoms with Gasteiger partial charge in [0.25, 0.3) is 0 Å². The molecule has 2 aliphatic carbocycles. The van der Waals surface area contributed by atoms with E-state index in [0.717, 1.165) is 23.8 Å². The molecule has 3 unspecified atom stereocenters. The summed E-state index contributed by atoms with van der Waals surface area (Å²) >= 11 is 0. The van der Waals surface area contributed by atoms with Crippen molar-refractivity contribution in [2.75, 3.05) is 0 Å². The number of hydrogen-bond donors (Lipinski definition) is 1. The molecule has 0 amide bonds. The molecule has 2 saturated carbocycles. The van der Waals surface area contributed by atoms with Gasteiger partial charge in [-0.3, -0.25) is 0 Å². The predicted octanol–water partition coefficient (Wildman–Crippen LogP) is 5.54. The van der Waals surface area contributed by atoms with Crippen LogP contribution in [-0.4, -0.2) is 12.1 Å². The summed E-state index contributed by atoms with van der Waals surface area (Å²) in [6.45, 7) is 7.14. The van der Waals surface area contributed by atoms with Gasteiger partial charge in [-0.2, -0.15) is 0 Å². The van der Waals surface area contributed by atoms with Crippen LogP contribution in [-0.2, 0) is 0 Å². The Morgan fingerprint density at radius 1 is 0.850 bits per heavy atom. The summed E-state index contributed by atoms with van der Waals surface area (Å²) in [5.74, 6) is 2.89. The first-order chi connectivity index (χ1) is 9.76. The fourth-order valence-electron chi connectivity index (χ4n) is 4.96. The van der Waals surface area contributed by atoms with E-state index in [-0.39, 0.29) is 0 Å². The van der Waals surface area contributed by atoms with E-state index in [1.54, 1.807) is 0 Å². The molecule has 2 fully saturated rings. The molecule has 118 valence electrons. The topological polar surface area (TPSA) is 12.0 Å². The van der Waals surface area contributed by atoms with Gasteiger partial charge in [0, 0.05) is 12.1 Å². The van der Waals surface area contributed by atoms with Crippen LogP contribution in [0.4, 0.5) is 0 Å². The van der Waals surface area contributed by atoms with Crippen LogP contribution in [0.1, 0.15) is 91.4 Å².